The Morgan fingerprint density at radius 1 is 1.80 bits per heavy atom. The first-order chi connectivity index (χ1) is 4.74. The molecule has 0 aliphatic carbocycles. The van der Waals surface area contributed by atoms with Crippen LogP contribution in [-0.2, 0) is 0 Å². The number of likely N-dealkylation sites (tertiary alicyclic amines) is 1. The van der Waals surface area contributed by atoms with E-state index >= 15 is 0 Å². The second-order valence-electron chi connectivity index (χ2n) is 3.07. The van der Waals surface area contributed by atoms with E-state index in [9.17, 15) is 0 Å². The van der Waals surface area contributed by atoms with Crippen LogP contribution in [0.15, 0.2) is 11.6 Å². The maximum atomic E-state index is 5.40. The number of likely N-dealkylation sites (N-methyl/N-ethyl adjacent to an activating group) is 1. The van der Waals surface area contributed by atoms with Crippen molar-refractivity contribution in [2.75, 3.05) is 20.1 Å². The van der Waals surface area contributed by atoms with Crippen molar-refractivity contribution in [1.29, 1.82) is 0 Å². The quantitative estimate of drug-likeness (QED) is 0.540. The molecule has 0 aromatic heterocycles. The predicted octanol–water partition coefficient (Wildman–Crippen LogP) is 0.596. The maximum absolute atomic E-state index is 5.40. The van der Waals surface area contributed by atoms with Gasteiger partial charge in [0.15, 0.2) is 0 Å². The molecule has 0 saturated carbocycles. The van der Waals surface area contributed by atoms with Crippen molar-refractivity contribution in [3.63, 3.8) is 0 Å². The van der Waals surface area contributed by atoms with E-state index in [0.717, 1.165) is 6.54 Å². The van der Waals surface area contributed by atoms with E-state index in [1.807, 2.05) is 0 Å². The molecule has 0 spiro atoms. The summed E-state index contributed by atoms with van der Waals surface area (Å²) in [6.45, 7) is 4.05. The Hall–Kier alpha value is -0.340. The molecule has 0 bridgehead atoms. The Morgan fingerprint density at radius 2 is 2.50 bits per heavy atom. The highest BCUT2D eigenvalue weighted by atomic mass is 15.1. The first-order valence-electron chi connectivity index (χ1n) is 3.82. The van der Waals surface area contributed by atoms with Gasteiger partial charge in [-0.1, -0.05) is 11.6 Å². The lowest BCUT2D eigenvalue weighted by molar-refractivity contribution is 0.332. The molecule has 10 heavy (non-hydrogen) atoms. The lowest BCUT2D eigenvalue weighted by atomic mass is 10.2. The summed E-state index contributed by atoms with van der Waals surface area (Å²) in [5, 5.41) is 0. The first kappa shape index (κ1) is 7.76. The number of hydrogen-bond donors (Lipinski definition) is 1. The molecular formula is C8H16N2. The molecule has 0 aromatic carbocycles. The molecule has 58 valence electrons. The van der Waals surface area contributed by atoms with Gasteiger partial charge in [0.25, 0.3) is 0 Å². The van der Waals surface area contributed by atoms with Gasteiger partial charge in [0.2, 0.25) is 0 Å². The van der Waals surface area contributed by atoms with Crippen LogP contribution in [0.3, 0.4) is 0 Å². The van der Waals surface area contributed by atoms with E-state index in [0.29, 0.717) is 12.6 Å². The molecule has 0 radical (unpaired) electrons. The third-order valence-electron chi connectivity index (χ3n) is 2.17. The summed E-state index contributed by atoms with van der Waals surface area (Å²) < 4.78 is 0. The molecular weight excluding hydrogens is 124 g/mol. The number of nitrogens with zero attached hydrogens (tertiary/aromatic N) is 1. The van der Waals surface area contributed by atoms with E-state index in [-0.39, 0.29) is 0 Å². The second kappa shape index (κ2) is 3.17. The Balaban J connectivity index is 2.49. The fourth-order valence-electron chi connectivity index (χ4n) is 1.39. The van der Waals surface area contributed by atoms with Gasteiger partial charge in [-0.25, -0.2) is 0 Å². The molecule has 1 rings (SSSR count). The maximum Gasteiger partial charge on any atom is 0.0193 e. The molecule has 1 saturated heterocycles. The van der Waals surface area contributed by atoms with Crippen LogP contribution in [0.5, 0.6) is 0 Å². The van der Waals surface area contributed by atoms with Crippen molar-refractivity contribution in [1.82, 2.24) is 4.90 Å². The van der Waals surface area contributed by atoms with Gasteiger partial charge in [-0.2, -0.15) is 0 Å². The minimum atomic E-state index is 0.690. The summed E-state index contributed by atoms with van der Waals surface area (Å²) in [5.41, 5.74) is 6.90. The van der Waals surface area contributed by atoms with Crippen LogP contribution < -0.4 is 5.73 Å². The van der Waals surface area contributed by atoms with Crippen molar-refractivity contribution < 1.29 is 0 Å². The van der Waals surface area contributed by atoms with Crippen LogP contribution in [-0.4, -0.2) is 31.1 Å². The van der Waals surface area contributed by atoms with Gasteiger partial charge < -0.3 is 5.73 Å². The van der Waals surface area contributed by atoms with Gasteiger partial charge in [0.1, 0.15) is 0 Å². The van der Waals surface area contributed by atoms with Gasteiger partial charge in [-0.05, 0) is 20.4 Å². The Morgan fingerprint density at radius 3 is 2.90 bits per heavy atom. The molecule has 0 amide bonds. The Labute approximate surface area is 62.7 Å². The highest BCUT2D eigenvalue weighted by Crippen LogP contribution is 2.19. The average molecular weight is 140 g/mol. The van der Waals surface area contributed by atoms with Crippen LogP contribution in [0.25, 0.3) is 0 Å². The Bertz CT molecular complexity index is 128. The predicted molar refractivity (Wildman–Crippen MR) is 43.8 cm³/mol. The number of rotatable bonds is 1. The summed E-state index contributed by atoms with van der Waals surface area (Å²) in [5.74, 6) is 0. The van der Waals surface area contributed by atoms with Crippen LogP contribution in [0.2, 0.25) is 0 Å². The molecule has 2 heteroatoms. The van der Waals surface area contributed by atoms with Crippen molar-refractivity contribution in [3.8, 4) is 0 Å². The first-order valence-corrected chi connectivity index (χ1v) is 3.82. The molecule has 2 N–H and O–H groups in total. The fraction of sp³-hybridized carbons (Fsp3) is 0.750. The molecule has 1 aliphatic rings. The summed E-state index contributed by atoms with van der Waals surface area (Å²) >= 11 is 0. The van der Waals surface area contributed by atoms with E-state index in [4.69, 9.17) is 5.73 Å². The minimum Gasteiger partial charge on any atom is -0.327 e. The molecule has 1 atom stereocenters. The van der Waals surface area contributed by atoms with Crippen LogP contribution in [0.4, 0.5) is 0 Å². The van der Waals surface area contributed by atoms with E-state index in [2.05, 4.69) is 24.9 Å². The highest BCUT2D eigenvalue weighted by Gasteiger charge is 2.19. The van der Waals surface area contributed by atoms with Crippen molar-refractivity contribution in [2.24, 2.45) is 5.73 Å². The molecule has 1 unspecified atom stereocenters. The largest absolute Gasteiger partial charge is 0.327 e. The molecule has 2 nitrogen and oxygen atoms in total. The molecule has 1 heterocycles. The summed E-state index contributed by atoms with van der Waals surface area (Å²) in [7, 11) is 2.15. The van der Waals surface area contributed by atoms with E-state index in [1.165, 1.54) is 12.0 Å². The average Bonchev–Trinajstić information content (AvgIpc) is 2.14. The van der Waals surface area contributed by atoms with Gasteiger partial charge in [0.05, 0.1) is 0 Å². The van der Waals surface area contributed by atoms with Crippen LogP contribution >= 0.6 is 0 Å². The van der Waals surface area contributed by atoms with Gasteiger partial charge in [0, 0.05) is 19.1 Å². The zero-order valence-corrected chi connectivity index (χ0v) is 6.80. The van der Waals surface area contributed by atoms with Crippen molar-refractivity contribution in [2.45, 2.75) is 19.4 Å². The smallest absolute Gasteiger partial charge is 0.0193 e. The van der Waals surface area contributed by atoms with Gasteiger partial charge >= 0.3 is 0 Å². The third kappa shape index (κ3) is 1.58. The minimum absolute atomic E-state index is 0.690. The zero-order chi connectivity index (χ0) is 7.56. The monoisotopic (exact) mass is 140 g/mol. The standard InChI is InChI=1S/C8H16N2/c1-7-5-8(3-4-9)6-10(7)2/h3,7H,4-6,9H2,1-2H3. The normalized spacial score (nSPS) is 31.9. The van der Waals surface area contributed by atoms with E-state index in [1.54, 1.807) is 0 Å². The van der Waals surface area contributed by atoms with E-state index < -0.39 is 0 Å². The van der Waals surface area contributed by atoms with Gasteiger partial charge in [-0.15, -0.1) is 0 Å². The lowest BCUT2D eigenvalue weighted by Crippen LogP contribution is -2.20. The van der Waals surface area contributed by atoms with Gasteiger partial charge in [-0.3, -0.25) is 4.90 Å². The summed E-state index contributed by atoms with van der Waals surface area (Å²) in [6.07, 6.45) is 3.34. The zero-order valence-electron chi connectivity index (χ0n) is 6.80. The molecule has 1 fully saturated rings. The topological polar surface area (TPSA) is 29.3 Å². The SMILES string of the molecule is CC1CC(=CCN)CN1C. The fourth-order valence-corrected chi connectivity index (χ4v) is 1.39. The lowest BCUT2D eigenvalue weighted by Gasteiger charge is -2.11. The third-order valence-corrected chi connectivity index (χ3v) is 2.17. The van der Waals surface area contributed by atoms with Crippen LogP contribution in [0.1, 0.15) is 13.3 Å². The summed E-state index contributed by atoms with van der Waals surface area (Å²) in [4.78, 5) is 2.35. The summed E-state index contributed by atoms with van der Waals surface area (Å²) in [6, 6.07) is 0.706. The Kier molecular flexibility index (Phi) is 2.46. The highest BCUT2D eigenvalue weighted by molar-refractivity contribution is 5.11. The molecule has 0 aromatic rings. The molecule has 1 aliphatic heterocycles. The van der Waals surface area contributed by atoms with Crippen molar-refractivity contribution in [3.05, 3.63) is 11.6 Å². The number of hydrogen-bond acceptors (Lipinski definition) is 2. The van der Waals surface area contributed by atoms with Crippen LogP contribution in [0, 0.1) is 0 Å². The second-order valence-corrected chi connectivity index (χ2v) is 3.07. The van der Waals surface area contributed by atoms with Crippen molar-refractivity contribution >= 4 is 0 Å². The number of nitrogens with two attached hydrogens (primary N) is 1.